The molecule has 14 nitrogen and oxygen atoms in total. The van der Waals surface area contributed by atoms with Crippen LogP contribution in [0.25, 0.3) is 0 Å². The zero-order chi connectivity index (χ0) is 29.3. The highest BCUT2D eigenvalue weighted by atomic mass is 32.2. The van der Waals surface area contributed by atoms with Crippen LogP contribution in [0.2, 0.25) is 0 Å². The van der Waals surface area contributed by atoms with Crippen molar-refractivity contribution in [2.45, 2.75) is 42.8 Å². The Bertz CT molecular complexity index is 1510. The second-order valence-corrected chi connectivity index (χ2v) is 11.5. The molecule has 1 saturated heterocycles. The van der Waals surface area contributed by atoms with Crippen molar-refractivity contribution >= 4 is 63.4 Å². The number of nitrogens with one attached hydrogen (secondary N) is 1. The van der Waals surface area contributed by atoms with Gasteiger partial charge in [0.05, 0.1) is 17.4 Å². The van der Waals surface area contributed by atoms with Crippen molar-refractivity contribution in [3.8, 4) is 0 Å². The van der Waals surface area contributed by atoms with Crippen LogP contribution in [0.1, 0.15) is 25.0 Å². The van der Waals surface area contributed by atoms with Crippen molar-refractivity contribution in [3.05, 3.63) is 59.0 Å². The van der Waals surface area contributed by atoms with E-state index in [0.717, 1.165) is 16.2 Å². The number of hydrogen-bond acceptors (Lipinski definition) is 12. The second-order valence-electron chi connectivity index (χ2n) is 9.51. The van der Waals surface area contributed by atoms with Gasteiger partial charge in [-0.15, -0.1) is 23.1 Å². The Hall–Kier alpha value is -4.44. The maximum Gasteiger partial charge on any atom is 0.350 e. The first-order chi connectivity index (χ1) is 19.6. The molecule has 1 aliphatic carbocycles. The van der Waals surface area contributed by atoms with Crippen LogP contribution < -0.4 is 26.5 Å². The molecule has 2 atom stereocenters. The highest BCUT2D eigenvalue weighted by molar-refractivity contribution is 8.00. The number of allylic oxidation sites excluding steroid dienone is 2. The number of rotatable bonds is 10. The summed E-state index contributed by atoms with van der Waals surface area (Å²) in [4.78, 5) is 60.5. The Morgan fingerprint density at radius 1 is 1.37 bits per heavy atom. The highest BCUT2D eigenvalue weighted by Crippen LogP contribution is 2.40. The number of aliphatic carboxylic acids is 2. The Balaban J connectivity index is 1.32. The Kier molecular flexibility index (Phi) is 7.68. The summed E-state index contributed by atoms with van der Waals surface area (Å²) in [6, 6.07) is 2.45. The minimum Gasteiger partial charge on any atom is -0.543 e. The summed E-state index contributed by atoms with van der Waals surface area (Å²) in [5.74, 6) is -3.97. The predicted molar refractivity (Wildman–Crippen MR) is 146 cm³/mol. The van der Waals surface area contributed by atoms with E-state index in [2.05, 4.69) is 15.5 Å². The van der Waals surface area contributed by atoms with Gasteiger partial charge in [0.2, 0.25) is 5.60 Å². The fraction of sp³-hybridized carbons (Fsp3) is 0.320. The van der Waals surface area contributed by atoms with Gasteiger partial charge in [0, 0.05) is 30.0 Å². The van der Waals surface area contributed by atoms with Crippen molar-refractivity contribution in [2.75, 3.05) is 17.2 Å². The number of hydrogen-bond donors (Lipinski definition) is 4. The molecule has 0 radical (unpaired) electrons. The van der Waals surface area contributed by atoms with Gasteiger partial charge in [0.1, 0.15) is 17.1 Å². The Morgan fingerprint density at radius 3 is 2.76 bits per heavy atom. The zero-order valence-electron chi connectivity index (χ0n) is 21.4. The first-order valence-corrected chi connectivity index (χ1v) is 14.3. The molecule has 0 spiro atoms. The highest BCUT2D eigenvalue weighted by Gasteiger charge is 2.53. The molecule has 2 aromatic heterocycles. The molecule has 2 fully saturated rings. The van der Waals surface area contributed by atoms with Gasteiger partial charge in [-0.3, -0.25) is 14.5 Å². The topological polar surface area (TPSA) is 217 Å². The zero-order valence-corrected chi connectivity index (χ0v) is 23.0. The van der Waals surface area contributed by atoms with Crippen LogP contribution in [0.4, 0.5) is 10.8 Å². The van der Waals surface area contributed by atoms with Crippen molar-refractivity contribution in [1.82, 2.24) is 15.2 Å². The number of carboxylic acids is 2. The number of nitrogens with two attached hydrogens (primary N) is 2. The fourth-order valence-electron chi connectivity index (χ4n) is 4.52. The average Bonchev–Trinajstić information content (AvgIpc) is 3.33. The molecule has 5 rings (SSSR count). The van der Waals surface area contributed by atoms with E-state index in [9.17, 15) is 29.4 Å². The van der Waals surface area contributed by atoms with E-state index >= 15 is 0 Å². The van der Waals surface area contributed by atoms with Gasteiger partial charge in [0.15, 0.2) is 29.8 Å². The molecule has 41 heavy (non-hydrogen) atoms. The van der Waals surface area contributed by atoms with Crippen LogP contribution in [-0.4, -0.2) is 67.2 Å². The number of thioether (sulfide) groups is 1. The second kappa shape index (κ2) is 11.2. The van der Waals surface area contributed by atoms with Crippen molar-refractivity contribution < 1.29 is 38.8 Å². The molecular weight excluding hydrogens is 574 g/mol. The van der Waals surface area contributed by atoms with E-state index in [1.165, 1.54) is 17.1 Å². The number of carboxylic acid groups (broad SMARTS) is 2. The van der Waals surface area contributed by atoms with Gasteiger partial charge >= 0.3 is 5.97 Å². The largest absolute Gasteiger partial charge is 0.543 e. The van der Waals surface area contributed by atoms with E-state index in [-0.39, 0.29) is 40.8 Å². The number of thiazole rings is 1. The number of aromatic nitrogens is 2. The first kappa shape index (κ1) is 28.1. The number of pyridine rings is 1. The number of oxime groups is 1. The lowest BCUT2D eigenvalue weighted by Gasteiger charge is -2.50. The van der Waals surface area contributed by atoms with E-state index < -0.39 is 40.8 Å². The van der Waals surface area contributed by atoms with Crippen LogP contribution in [0.15, 0.2) is 58.5 Å². The summed E-state index contributed by atoms with van der Waals surface area (Å²) in [7, 11) is 0. The molecule has 2 aliphatic heterocycles. The number of carbonyl (C=O) groups is 4. The summed E-state index contributed by atoms with van der Waals surface area (Å²) in [5, 5.41) is 28.9. The third kappa shape index (κ3) is 5.47. The monoisotopic (exact) mass is 599 g/mol. The molecule has 214 valence electrons. The predicted octanol–water partition coefficient (Wildman–Crippen LogP) is -1.02. The third-order valence-corrected chi connectivity index (χ3v) is 8.81. The minimum atomic E-state index is -1.54. The number of fused-ring (bicyclic) bond motifs is 1. The molecule has 6 N–H and O–H groups in total. The van der Waals surface area contributed by atoms with Crippen LogP contribution in [0.5, 0.6) is 0 Å². The number of amides is 2. The van der Waals surface area contributed by atoms with Gasteiger partial charge < -0.3 is 36.6 Å². The Morgan fingerprint density at radius 2 is 2.15 bits per heavy atom. The smallest absolute Gasteiger partial charge is 0.350 e. The normalized spacial score (nSPS) is 21.6. The quantitative estimate of drug-likeness (QED) is 0.112. The van der Waals surface area contributed by atoms with Crippen molar-refractivity contribution in [2.24, 2.45) is 5.16 Å². The number of nitrogen functional groups attached to an aromatic ring is 2. The standard InChI is InChI=1S/C25H25N7O7S2/c26-14-5-2-9-31(10-14)8-1-4-13-11-40-21-17(20(34)32(21)18(13)22(35)36)29-19(33)16(15-12-41-24(27)28-15)30-39-25(23(37)38)6-3-7-25/h1-2,4-5,9-10,12,17,21H,3,6-8,11,26H2,(H4-,27,28,29,33,35,36,37,38)/b4-1?,30-16-/t17?,21-/m0/s1. The van der Waals surface area contributed by atoms with E-state index in [4.69, 9.17) is 16.3 Å². The summed E-state index contributed by atoms with van der Waals surface area (Å²) < 4.78 is 1.81. The molecular formula is C25H25N7O7S2. The summed E-state index contributed by atoms with van der Waals surface area (Å²) in [6.07, 6.45) is 7.98. The SMILES string of the molecule is Nc1ccc[n+](CC=CC2=C(C(=O)[O-])N3C(=O)C(NC(=O)/C(=N\OC4(C(=O)O)CCC4)c4csc(N)n4)[C@@H]3SC2)c1. The summed E-state index contributed by atoms with van der Waals surface area (Å²) in [5.41, 5.74) is 10.3. The molecule has 2 aromatic rings. The molecule has 16 heteroatoms. The molecule has 2 amide bonds. The lowest BCUT2D eigenvalue weighted by atomic mass is 9.80. The van der Waals surface area contributed by atoms with E-state index in [1.807, 2.05) is 10.8 Å². The third-order valence-electron chi connectivity index (χ3n) is 6.84. The van der Waals surface area contributed by atoms with E-state index in [1.54, 1.807) is 30.5 Å². The van der Waals surface area contributed by atoms with Gasteiger partial charge in [-0.25, -0.2) is 9.78 Å². The van der Waals surface area contributed by atoms with Gasteiger partial charge in [0.25, 0.3) is 11.8 Å². The molecule has 0 aromatic carbocycles. The number of β-lactam (4-membered cyclic amide) rings is 1. The number of nitrogens with zero attached hydrogens (tertiary/aromatic N) is 4. The fourth-order valence-corrected chi connectivity index (χ4v) is 6.38. The van der Waals surface area contributed by atoms with Gasteiger partial charge in [-0.2, -0.15) is 4.57 Å². The van der Waals surface area contributed by atoms with Gasteiger partial charge in [-0.1, -0.05) is 11.2 Å². The summed E-state index contributed by atoms with van der Waals surface area (Å²) in [6.45, 7) is 0.421. The molecule has 1 saturated carbocycles. The maximum absolute atomic E-state index is 13.3. The minimum absolute atomic E-state index is 0.0468. The van der Waals surface area contributed by atoms with Crippen LogP contribution >= 0.6 is 23.1 Å². The number of carbonyl (C=O) groups excluding carboxylic acids is 3. The maximum atomic E-state index is 13.3. The van der Waals surface area contributed by atoms with Crippen LogP contribution in [-0.2, 0) is 30.6 Å². The van der Waals surface area contributed by atoms with Crippen LogP contribution in [0, 0.1) is 0 Å². The van der Waals surface area contributed by atoms with Gasteiger partial charge in [-0.05, 0) is 24.1 Å². The van der Waals surface area contributed by atoms with Crippen LogP contribution in [0.3, 0.4) is 0 Å². The van der Waals surface area contributed by atoms with Crippen molar-refractivity contribution in [3.63, 3.8) is 0 Å². The number of anilines is 2. The molecule has 3 aliphatic rings. The first-order valence-electron chi connectivity index (χ1n) is 12.4. The molecule has 0 bridgehead atoms. The molecule has 1 unspecified atom stereocenters. The Labute approximate surface area is 241 Å². The lowest BCUT2D eigenvalue weighted by Crippen LogP contribution is -2.71. The van der Waals surface area contributed by atoms with E-state index in [0.29, 0.717) is 24.2 Å². The average molecular weight is 600 g/mol. The lowest BCUT2D eigenvalue weighted by molar-refractivity contribution is -0.686. The van der Waals surface area contributed by atoms with Crippen molar-refractivity contribution in [1.29, 1.82) is 0 Å². The summed E-state index contributed by atoms with van der Waals surface area (Å²) >= 11 is 2.31. The molecule has 4 heterocycles.